The molecule has 1 aromatic rings. The number of hydrogen-bond acceptors (Lipinski definition) is 4. The van der Waals surface area contributed by atoms with E-state index < -0.39 is 11.9 Å². The van der Waals surface area contributed by atoms with Crippen LogP contribution in [0.25, 0.3) is 0 Å². The molecule has 20 heavy (non-hydrogen) atoms. The predicted octanol–water partition coefficient (Wildman–Crippen LogP) is 2.95. The molecule has 0 N–H and O–H groups in total. The Morgan fingerprint density at radius 3 is 2.85 bits per heavy atom. The molecule has 0 amide bonds. The van der Waals surface area contributed by atoms with Crippen molar-refractivity contribution in [1.82, 2.24) is 0 Å². The predicted molar refractivity (Wildman–Crippen MR) is 75.1 cm³/mol. The highest BCUT2D eigenvalue weighted by atomic mass is 16.5. The van der Waals surface area contributed by atoms with E-state index in [4.69, 9.17) is 9.47 Å². The van der Waals surface area contributed by atoms with Crippen molar-refractivity contribution in [3.63, 3.8) is 0 Å². The summed E-state index contributed by atoms with van der Waals surface area (Å²) in [6.07, 6.45) is 0.365. The summed E-state index contributed by atoms with van der Waals surface area (Å²) in [4.78, 5) is 24.4. The van der Waals surface area contributed by atoms with Gasteiger partial charge in [-0.1, -0.05) is 26.0 Å². The number of benzene rings is 1. The molecule has 2 rings (SSSR count). The lowest BCUT2D eigenvalue weighted by atomic mass is 9.92. The van der Waals surface area contributed by atoms with E-state index in [0.29, 0.717) is 24.3 Å². The van der Waals surface area contributed by atoms with E-state index in [-0.39, 0.29) is 18.3 Å². The zero-order valence-corrected chi connectivity index (χ0v) is 12.1. The van der Waals surface area contributed by atoms with Crippen LogP contribution in [0.2, 0.25) is 0 Å². The molecule has 108 valence electrons. The van der Waals surface area contributed by atoms with E-state index in [9.17, 15) is 9.59 Å². The van der Waals surface area contributed by atoms with Crippen molar-refractivity contribution in [2.24, 2.45) is 5.92 Å². The standard InChI is InChI=1S/C16H20O4/c1-4-19-16(18)13-8-9-20-15-11(10(2)3)6-5-7-12(15)14(13)17/h5-7,10,13H,4,8-9H2,1-3H3. The van der Waals surface area contributed by atoms with E-state index in [1.807, 2.05) is 12.1 Å². The van der Waals surface area contributed by atoms with Gasteiger partial charge in [0, 0.05) is 6.42 Å². The van der Waals surface area contributed by atoms with Crippen LogP contribution in [0, 0.1) is 5.92 Å². The summed E-state index contributed by atoms with van der Waals surface area (Å²) >= 11 is 0. The molecule has 1 heterocycles. The number of carbonyl (C=O) groups excluding carboxylic acids is 2. The molecule has 0 radical (unpaired) electrons. The van der Waals surface area contributed by atoms with Crippen molar-refractivity contribution in [2.75, 3.05) is 13.2 Å². The minimum atomic E-state index is -0.751. The Labute approximate surface area is 119 Å². The lowest BCUT2D eigenvalue weighted by molar-refractivity contribution is -0.146. The number of Topliss-reactive ketones (excluding diaryl/α,β-unsaturated/α-hetero) is 1. The summed E-state index contributed by atoms with van der Waals surface area (Å²) < 4.78 is 10.7. The highest BCUT2D eigenvalue weighted by Gasteiger charge is 2.34. The van der Waals surface area contributed by atoms with Crippen LogP contribution in [0.4, 0.5) is 0 Å². The van der Waals surface area contributed by atoms with Crippen LogP contribution in [-0.2, 0) is 9.53 Å². The van der Waals surface area contributed by atoms with Crippen molar-refractivity contribution < 1.29 is 19.1 Å². The van der Waals surface area contributed by atoms with Gasteiger partial charge in [-0.3, -0.25) is 9.59 Å². The molecule has 0 fully saturated rings. The molecule has 1 aliphatic heterocycles. The Bertz CT molecular complexity index is 519. The second kappa shape index (κ2) is 6.07. The summed E-state index contributed by atoms with van der Waals surface area (Å²) in [6, 6.07) is 5.52. The van der Waals surface area contributed by atoms with Crippen molar-refractivity contribution in [1.29, 1.82) is 0 Å². The molecule has 0 aromatic heterocycles. The Morgan fingerprint density at radius 1 is 1.45 bits per heavy atom. The fourth-order valence-corrected chi connectivity index (χ4v) is 2.43. The van der Waals surface area contributed by atoms with Crippen LogP contribution in [0.1, 0.15) is 49.0 Å². The van der Waals surface area contributed by atoms with E-state index in [0.717, 1.165) is 5.56 Å². The zero-order valence-electron chi connectivity index (χ0n) is 12.1. The normalized spacial score (nSPS) is 18.2. The third kappa shape index (κ3) is 2.69. The van der Waals surface area contributed by atoms with Gasteiger partial charge in [-0.2, -0.15) is 0 Å². The van der Waals surface area contributed by atoms with E-state index in [2.05, 4.69) is 13.8 Å². The van der Waals surface area contributed by atoms with E-state index in [1.165, 1.54) is 0 Å². The molecule has 1 aliphatic rings. The van der Waals surface area contributed by atoms with Gasteiger partial charge in [-0.05, 0) is 24.5 Å². The molecule has 0 aliphatic carbocycles. The lowest BCUT2D eigenvalue weighted by Crippen LogP contribution is -2.26. The van der Waals surface area contributed by atoms with Gasteiger partial charge in [0.15, 0.2) is 5.78 Å². The number of hydrogen-bond donors (Lipinski definition) is 0. The molecule has 4 heteroatoms. The van der Waals surface area contributed by atoms with E-state index >= 15 is 0 Å². The van der Waals surface area contributed by atoms with Gasteiger partial charge in [0.25, 0.3) is 0 Å². The molecular weight excluding hydrogens is 256 g/mol. The zero-order chi connectivity index (χ0) is 14.7. The molecule has 0 saturated heterocycles. The fraction of sp³-hybridized carbons (Fsp3) is 0.500. The van der Waals surface area contributed by atoms with Gasteiger partial charge in [0.1, 0.15) is 11.7 Å². The quantitative estimate of drug-likeness (QED) is 0.629. The number of ether oxygens (including phenoxy) is 2. The number of para-hydroxylation sites is 1. The number of fused-ring (bicyclic) bond motifs is 1. The second-order valence-electron chi connectivity index (χ2n) is 5.18. The van der Waals surface area contributed by atoms with Crippen LogP contribution < -0.4 is 4.74 Å². The summed E-state index contributed by atoms with van der Waals surface area (Å²) in [5.74, 6) is -0.517. The third-order valence-electron chi connectivity index (χ3n) is 3.47. The van der Waals surface area contributed by atoms with Gasteiger partial charge in [-0.15, -0.1) is 0 Å². The topological polar surface area (TPSA) is 52.6 Å². The molecule has 4 nitrogen and oxygen atoms in total. The first-order valence-electron chi connectivity index (χ1n) is 7.02. The van der Waals surface area contributed by atoms with Crippen LogP contribution in [0.5, 0.6) is 5.75 Å². The first-order chi connectivity index (χ1) is 9.56. The number of carbonyl (C=O) groups is 2. The summed E-state index contributed by atoms with van der Waals surface area (Å²) in [5.41, 5.74) is 1.49. The molecule has 1 aromatic carbocycles. The smallest absolute Gasteiger partial charge is 0.316 e. The van der Waals surface area contributed by atoms with Crippen LogP contribution in [0.15, 0.2) is 18.2 Å². The maximum absolute atomic E-state index is 12.5. The van der Waals surface area contributed by atoms with Gasteiger partial charge < -0.3 is 9.47 Å². The fourth-order valence-electron chi connectivity index (χ4n) is 2.43. The third-order valence-corrected chi connectivity index (χ3v) is 3.47. The lowest BCUT2D eigenvalue weighted by Gasteiger charge is -2.14. The molecule has 1 unspecified atom stereocenters. The number of esters is 1. The van der Waals surface area contributed by atoms with E-state index in [1.54, 1.807) is 13.0 Å². The first-order valence-corrected chi connectivity index (χ1v) is 7.02. The van der Waals surface area contributed by atoms with Crippen molar-refractivity contribution in [2.45, 2.75) is 33.1 Å². The molecule has 0 bridgehead atoms. The van der Waals surface area contributed by atoms with Gasteiger partial charge in [0.2, 0.25) is 0 Å². The Hall–Kier alpha value is -1.84. The largest absolute Gasteiger partial charge is 0.492 e. The average molecular weight is 276 g/mol. The van der Waals surface area contributed by atoms with Crippen molar-refractivity contribution in [3.8, 4) is 5.75 Å². The Kier molecular flexibility index (Phi) is 4.42. The number of rotatable bonds is 3. The maximum atomic E-state index is 12.5. The monoisotopic (exact) mass is 276 g/mol. The number of ketones is 1. The SMILES string of the molecule is CCOC(=O)C1CCOc2c(cccc2C(C)C)C1=O. The van der Waals surface area contributed by atoms with Gasteiger partial charge in [-0.25, -0.2) is 0 Å². The molecule has 0 spiro atoms. The highest BCUT2D eigenvalue weighted by molar-refractivity contribution is 6.10. The molecular formula is C16H20O4. The summed E-state index contributed by atoms with van der Waals surface area (Å²) in [6.45, 7) is 6.48. The van der Waals surface area contributed by atoms with Crippen LogP contribution >= 0.6 is 0 Å². The summed E-state index contributed by atoms with van der Waals surface area (Å²) in [5, 5.41) is 0. The summed E-state index contributed by atoms with van der Waals surface area (Å²) in [7, 11) is 0. The van der Waals surface area contributed by atoms with Gasteiger partial charge >= 0.3 is 5.97 Å². The minimum absolute atomic E-state index is 0.196. The Morgan fingerprint density at radius 2 is 2.20 bits per heavy atom. The molecule has 0 saturated carbocycles. The van der Waals surface area contributed by atoms with Gasteiger partial charge in [0.05, 0.1) is 18.8 Å². The van der Waals surface area contributed by atoms with Crippen LogP contribution in [-0.4, -0.2) is 25.0 Å². The van der Waals surface area contributed by atoms with Crippen LogP contribution in [0.3, 0.4) is 0 Å². The van der Waals surface area contributed by atoms with Crippen molar-refractivity contribution in [3.05, 3.63) is 29.3 Å². The second-order valence-corrected chi connectivity index (χ2v) is 5.18. The Balaban J connectivity index is 2.40. The maximum Gasteiger partial charge on any atom is 0.316 e. The molecule has 1 atom stereocenters. The first kappa shape index (κ1) is 14.6. The van der Waals surface area contributed by atoms with Crippen molar-refractivity contribution >= 4 is 11.8 Å². The highest BCUT2D eigenvalue weighted by Crippen LogP contribution is 2.34. The minimum Gasteiger partial charge on any atom is -0.492 e. The average Bonchev–Trinajstić information content (AvgIpc) is 2.58.